The van der Waals surface area contributed by atoms with Gasteiger partial charge in [-0.15, -0.1) is 0 Å². The van der Waals surface area contributed by atoms with Gasteiger partial charge in [-0.2, -0.15) is 0 Å². The second-order valence-electron chi connectivity index (χ2n) is 8.54. The Hall–Kier alpha value is -3.77. The van der Waals surface area contributed by atoms with Gasteiger partial charge in [-0.05, 0) is 54.8 Å². The Balaban J connectivity index is 1.48. The van der Waals surface area contributed by atoms with Crippen LogP contribution in [-0.4, -0.2) is 31.6 Å². The molecule has 0 bridgehead atoms. The van der Waals surface area contributed by atoms with Gasteiger partial charge in [0.15, 0.2) is 17.3 Å². The molecule has 2 heterocycles. The van der Waals surface area contributed by atoms with Crippen LogP contribution in [-0.2, 0) is 6.54 Å². The Morgan fingerprint density at radius 1 is 1.03 bits per heavy atom. The van der Waals surface area contributed by atoms with E-state index in [1.54, 1.807) is 20.3 Å². The first-order chi connectivity index (χ1) is 16.5. The van der Waals surface area contributed by atoms with E-state index < -0.39 is 0 Å². The van der Waals surface area contributed by atoms with Crippen LogP contribution in [0.15, 0.2) is 60.4 Å². The van der Waals surface area contributed by atoms with Crippen molar-refractivity contribution in [1.29, 1.82) is 0 Å². The van der Waals surface area contributed by atoms with Gasteiger partial charge in [0.1, 0.15) is 18.2 Å². The number of nitrogens with zero attached hydrogens (tertiary/aromatic N) is 1. The zero-order valence-electron chi connectivity index (χ0n) is 19.8. The maximum Gasteiger partial charge on any atom is 0.232 e. The largest absolute Gasteiger partial charge is 0.493 e. The Labute approximate surface area is 199 Å². The van der Waals surface area contributed by atoms with Crippen LogP contribution in [0.3, 0.4) is 0 Å². The highest BCUT2D eigenvalue weighted by molar-refractivity contribution is 6.16. The van der Waals surface area contributed by atoms with Crippen LogP contribution in [0.5, 0.6) is 23.0 Å². The third-order valence-corrected chi connectivity index (χ3v) is 6.49. The summed E-state index contributed by atoms with van der Waals surface area (Å²) in [5, 5.41) is 0. The number of carbonyl (C=O) groups excluding carboxylic acids is 1. The van der Waals surface area contributed by atoms with Gasteiger partial charge in [0, 0.05) is 12.6 Å². The van der Waals surface area contributed by atoms with Crippen molar-refractivity contribution in [1.82, 2.24) is 4.90 Å². The number of hydrogen-bond donors (Lipinski definition) is 0. The monoisotopic (exact) mass is 457 g/mol. The molecule has 0 aromatic heterocycles. The number of ether oxygens (including phenoxy) is 4. The van der Waals surface area contributed by atoms with Gasteiger partial charge in [-0.1, -0.05) is 36.4 Å². The molecule has 0 saturated carbocycles. The molecule has 2 aliphatic heterocycles. The molecule has 174 valence electrons. The summed E-state index contributed by atoms with van der Waals surface area (Å²) in [6, 6.07) is 17.9. The first-order valence-corrected chi connectivity index (χ1v) is 11.2. The van der Waals surface area contributed by atoms with Crippen molar-refractivity contribution in [2.45, 2.75) is 26.4 Å². The van der Waals surface area contributed by atoms with Crippen molar-refractivity contribution in [3.63, 3.8) is 0 Å². The van der Waals surface area contributed by atoms with E-state index in [-0.39, 0.29) is 17.6 Å². The average Bonchev–Trinajstić information content (AvgIpc) is 3.20. The van der Waals surface area contributed by atoms with Crippen molar-refractivity contribution >= 4 is 11.9 Å². The Morgan fingerprint density at radius 2 is 1.79 bits per heavy atom. The maximum atomic E-state index is 13.3. The highest BCUT2D eigenvalue weighted by Gasteiger charge is 2.36. The zero-order valence-corrected chi connectivity index (χ0v) is 19.8. The maximum absolute atomic E-state index is 13.3. The van der Waals surface area contributed by atoms with Crippen LogP contribution in [0.2, 0.25) is 0 Å². The highest BCUT2D eigenvalue weighted by Crippen LogP contribution is 2.45. The van der Waals surface area contributed by atoms with E-state index in [1.807, 2.05) is 49.4 Å². The first-order valence-electron chi connectivity index (χ1n) is 11.2. The van der Waals surface area contributed by atoms with Gasteiger partial charge in [-0.25, -0.2) is 0 Å². The molecule has 1 unspecified atom stereocenters. The van der Waals surface area contributed by atoms with E-state index in [0.717, 1.165) is 22.4 Å². The lowest BCUT2D eigenvalue weighted by molar-refractivity contribution is 0.0605. The van der Waals surface area contributed by atoms with Gasteiger partial charge in [0.05, 0.1) is 25.3 Å². The zero-order chi connectivity index (χ0) is 23.8. The molecule has 0 spiro atoms. The topological polar surface area (TPSA) is 57.2 Å². The Morgan fingerprint density at radius 3 is 2.53 bits per heavy atom. The van der Waals surface area contributed by atoms with Gasteiger partial charge in [0.2, 0.25) is 5.78 Å². The number of allylic oxidation sites excluding steroid dienone is 1. The summed E-state index contributed by atoms with van der Waals surface area (Å²) in [5.74, 6) is 2.74. The van der Waals surface area contributed by atoms with Crippen molar-refractivity contribution < 1.29 is 23.7 Å². The first kappa shape index (κ1) is 22.0. The predicted octanol–water partition coefficient (Wildman–Crippen LogP) is 5.54. The fourth-order valence-electron chi connectivity index (χ4n) is 4.53. The minimum atomic E-state index is -0.127. The summed E-state index contributed by atoms with van der Waals surface area (Å²) in [4.78, 5) is 15.6. The van der Waals surface area contributed by atoms with E-state index in [2.05, 4.69) is 24.0 Å². The fourth-order valence-corrected chi connectivity index (χ4v) is 4.53. The third kappa shape index (κ3) is 3.80. The number of rotatable bonds is 5. The number of carbonyl (C=O) groups is 1. The molecule has 3 aromatic rings. The molecule has 0 saturated heterocycles. The molecular formula is C28H27NO5. The second-order valence-corrected chi connectivity index (χ2v) is 8.54. The lowest BCUT2D eigenvalue weighted by atomic mass is 9.98. The van der Waals surface area contributed by atoms with Crippen molar-refractivity contribution in [3.8, 4) is 23.0 Å². The molecule has 0 amide bonds. The molecule has 6 nitrogen and oxygen atoms in total. The summed E-state index contributed by atoms with van der Waals surface area (Å²) < 4.78 is 23.0. The number of aryl methyl sites for hydroxylation is 1. The number of ketones is 1. The number of fused-ring (bicyclic) bond motifs is 3. The smallest absolute Gasteiger partial charge is 0.232 e. The summed E-state index contributed by atoms with van der Waals surface area (Å²) in [6.45, 7) is 5.18. The van der Waals surface area contributed by atoms with Crippen molar-refractivity contribution in [3.05, 3.63) is 88.2 Å². The molecular weight excluding hydrogens is 430 g/mol. The lowest BCUT2D eigenvalue weighted by Crippen LogP contribution is -2.34. The number of Topliss-reactive ketones (excluding diaryl/α,β-unsaturated/α-hetero) is 1. The second kappa shape index (κ2) is 8.88. The standard InChI is InChI=1S/C28H27NO5/c1-17-12-23-21(15-29(16-33-23)18(2)20-8-6-5-7-9-20)28-26(17)27(30)25(34-28)14-19-10-11-22(31-3)24(13-19)32-4/h5-14,18H,15-16H2,1-4H3/b25-14-. The SMILES string of the molecule is COc1ccc(/C=C2\Oc3c4c(cc(C)c3C2=O)OCN(C(C)c2ccccc2)C4)cc1OC. The quantitative estimate of drug-likeness (QED) is 0.469. The van der Waals surface area contributed by atoms with Crippen molar-refractivity contribution in [2.24, 2.45) is 0 Å². The van der Waals surface area contributed by atoms with Gasteiger partial charge >= 0.3 is 0 Å². The molecule has 6 heteroatoms. The minimum absolute atomic E-state index is 0.127. The van der Waals surface area contributed by atoms with E-state index in [0.29, 0.717) is 36.1 Å². The van der Waals surface area contributed by atoms with E-state index in [9.17, 15) is 4.79 Å². The summed E-state index contributed by atoms with van der Waals surface area (Å²) in [5.41, 5.74) is 4.35. The number of benzene rings is 3. The fraction of sp³-hybridized carbons (Fsp3) is 0.250. The predicted molar refractivity (Wildman–Crippen MR) is 130 cm³/mol. The highest BCUT2D eigenvalue weighted by atomic mass is 16.5. The molecule has 0 N–H and O–H groups in total. The van der Waals surface area contributed by atoms with Crippen LogP contribution < -0.4 is 18.9 Å². The summed E-state index contributed by atoms with van der Waals surface area (Å²) in [6.07, 6.45) is 1.74. The molecule has 3 aromatic carbocycles. The van der Waals surface area contributed by atoms with Gasteiger partial charge in [-0.3, -0.25) is 9.69 Å². The number of methoxy groups -OCH3 is 2. The average molecular weight is 458 g/mol. The number of hydrogen-bond acceptors (Lipinski definition) is 6. The van der Waals surface area contributed by atoms with Crippen LogP contribution in [0.1, 0.15) is 45.6 Å². The lowest BCUT2D eigenvalue weighted by Gasteiger charge is -2.34. The third-order valence-electron chi connectivity index (χ3n) is 6.49. The van der Waals surface area contributed by atoms with Crippen LogP contribution >= 0.6 is 0 Å². The van der Waals surface area contributed by atoms with E-state index in [4.69, 9.17) is 18.9 Å². The molecule has 0 fully saturated rings. The molecule has 0 aliphatic carbocycles. The van der Waals surface area contributed by atoms with Gasteiger partial charge in [0.25, 0.3) is 0 Å². The van der Waals surface area contributed by atoms with Crippen LogP contribution in [0, 0.1) is 6.92 Å². The molecule has 2 aliphatic rings. The summed E-state index contributed by atoms with van der Waals surface area (Å²) >= 11 is 0. The van der Waals surface area contributed by atoms with E-state index >= 15 is 0 Å². The molecule has 5 rings (SSSR count). The van der Waals surface area contributed by atoms with Gasteiger partial charge < -0.3 is 18.9 Å². The molecule has 34 heavy (non-hydrogen) atoms. The van der Waals surface area contributed by atoms with Crippen molar-refractivity contribution in [2.75, 3.05) is 21.0 Å². The molecule has 1 atom stereocenters. The molecule has 0 radical (unpaired) electrons. The minimum Gasteiger partial charge on any atom is -0.493 e. The van der Waals surface area contributed by atoms with Crippen LogP contribution in [0.25, 0.3) is 6.08 Å². The Bertz CT molecular complexity index is 1280. The Kier molecular flexibility index (Phi) is 5.75. The van der Waals surface area contributed by atoms with Crippen LogP contribution in [0.4, 0.5) is 0 Å². The normalized spacial score (nSPS) is 16.9. The van der Waals surface area contributed by atoms with E-state index in [1.165, 1.54) is 5.56 Å². The summed E-state index contributed by atoms with van der Waals surface area (Å²) in [7, 11) is 3.17.